The van der Waals surface area contributed by atoms with E-state index in [2.05, 4.69) is 11.1 Å². The SMILES string of the molecule is Cc1ccnc(C(=O)CCc2ccc3c(c2)CCO3)c1. The van der Waals surface area contributed by atoms with Gasteiger partial charge in [0.25, 0.3) is 0 Å². The molecule has 3 heteroatoms. The number of Topliss-reactive ketones (excluding diaryl/α,β-unsaturated/α-hetero) is 1. The van der Waals surface area contributed by atoms with Gasteiger partial charge in [0.05, 0.1) is 6.61 Å². The average molecular weight is 267 g/mol. The number of carbonyl (C=O) groups is 1. The van der Waals surface area contributed by atoms with Crippen molar-refractivity contribution in [3.05, 3.63) is 58.9 Å². The number of rotatable bonds is 4. The maximum Gasteiger partial charge on any atom is 0.181 e. The van der Waals surface area contributed by atoms with Crippen LogP contribution in [0.5, 0.6) is 5.75 Å². The molecule has 2 aromatic rings. The number of ether oxygens (including phenoxy) is 1. The molecule has 1 aliphatic rings. The van der Waals surface area contributed by atoms with Gasteiger partial charge in [-0.2, -0.15) is 0 Å². The van der Waals surface area contributed by atoms with E-state index >= 15 is 0 Å². The first kappa shape index (κ1) is 12.9. The van der Waals surface area contributed by atoms with Crippen molar-refractivity contribution in [1.82, 2.24) is 4.98 Å². The Balaban J connectivity index is 1.66. The van der Waals surface area contributed by atoms with Crippen LogP contribution >= 0.6 is 0 Å². The molecule has 0 unspecified atom stereocenters. The topological polar surface area (TPSA) is 39.2 Å². The van der Waals surface area contributed by atoms with Crippen LogP contribution in [-0.2, 0) is 12.8 Å². The fraction of sp³-hybridized carbons (Fsp3) is 0.294. The summed E-state index contributed by atoms with van der Waals surface area (Å²) in [5, 5.41) is 0. The Morgan fingerprint density at radius 1 is 1.30 bits per heavy atom. The Labute approximate surface area is 118 Å². The van der Waals surface area contributed by atoms with E-state index in [1.54, 1.807) is 6.20 Å². The van der Waals surface area contributed by atoms with Gasteiger partial charge in [-0.05, 0) is 48.2 Å². The van der Waals surface area contributed by atoms with E-state index in [0.717, 1.165) is 30.8 Å². The Hall–Kier alpha value is -2.16. The fourth-order valence-electron chi connectivity index (χ4n) is 2.47. The summed E-state index contributed by atoms with van der Waals surface area (Å²) in [5.74, 6) is 1.09. The molecule has 0 atom stereocenters. The van der Waals surface area contributed by atoms with Crippen LogP contribution in [0.15, 0.2) is 36.5 Å². The van der Waals surface area contributed by atoms with Gasteiger partial charge in [0, 0.05) is 19.0 Å². The monoisotopic (exact) mass is 267 g/mol. The highest BCUT2D eigenvalue weighted by Crippen LogP contribution is 2.26. The Morgan fingerprint density at radius 2 is 2.20 bits per heavy atom. The summed E-state index contributed by atoms with van der Waals surface area (Å²) >= 11 is 0. The largest absolute Gasteiger partial charge is 0.493 e. The molecule has 0 saturated heterocycles. The van der Waals surface area contributed by atoms with Crippen molar-refractivity contribution in [2.24, 2.45) is 0 Å². The number of carbonyl (C=O) groups excluding carboxylic acids is 1. The molecule has 0 spiro atoms. The standard InChI is InChI=1S/C17H17NO2/c1-12-6-8-18-15(10-12)16(19)4-2-13-3-5-17-14(11-13)7-9-20-17/h3,5-6,8,10-11H,2,4,7,9H2,1H3. The van der Waals surface area contributed by atoms with Crippen LogP contribution in [0.3, 0.4) is 0 Å². The molecule has 0 aliphatic carbocycles. The van der Waals surface area contributed by atoms with Crippen LogP contribution in [-0.4, -0.2) is 17.4 Å². The first-order valence-corrected chi connectivity index (χ1v) is 6.93. The lowest BCUT2D eigenvalue weighted by Gasteiger charge is -2.04. The number of pyridine rings is 1. The van der Waals surface area contributed by atoms with Crippen molar-refractivity contribution in [2.75, 3.05) is 6.61 Å². The molecule has 1 aromatic carbocycles. The maximum atomic E-state index is 12.1. The zero-order valence-corrected chi connectivity index (χ0v) is 11.6. The van der Waals surface area contributed by atoms with Crippen LogP contribution in [0, 0.1) is 6.92 Å². The van der Waals surface area contributed by atoms with Crippen molar-refractivity contribution in [3.63, 3.8) is 0 Å². The van der Waals surface area contributed by atoms with E-state index in [1.165, 1.54) is 11.1 Å². The number of ketones is 1. The average Bonchev–Trinajstić information content (AvgIpc) is 2.92. The number of benzene rings is 1. The molecule has 1 aliphatic heterocycles. The van der Waals surface area contributed by atoms with Crippen molar-refractivity contribution >= 4 is 5.78 Å². The molecule has 20 heavy (non-hydrogen) atoms. The molecular weight excluding hydrogens is 250 g/mol. The van der Waals surface area contributed by atoms with Gasteiger partial charge in [-0.15, -0.1) is 0 Å². The summed E-state index contributed by atoms with van der Waals surface area (Å²) < 4.78 is 5.48. The number of nitrogens with zero attached hydrogens (tertiary/aromatic N) is 1. The summed E-state index contributed by atoms with van der Waals surface area (Å²) in [6.07, 6.45) is 3.91. The molecule has 1 aromatic heterocycles. The second-order valence-electron chi connectivity index (χ2n) is 5.18. The normalized spacial score (nSPS) is 12.8. The lowest BCUT2D eigenvalue weighted by Crippen LogP contribution is -2.04. The molecule has 0 fully saturated rings. The number of aryl methyl sites for hydroxylation is 2. The molecule has 102 valence electrons. The highest BCUT2D eigenvalue weighted by Gasteiger charge is 2.13. The first-order chi connectivity index (χ1) is 9.72. The number of hydrogen-bond donors (Lipinski definition) is 0. The predicted octanol–water partition coefficient (Wildman–Crippen LogP) is 3.14. The van der Waals surface area contributed by atoms with E-state index in [4.69, 9.17) is 4.74 Å². The molecular formula is C17H17NO2. The molecule has 0 amide bonds. The summed E-state index contributed by atoms with van der Waals surface area (Å²) in [7, 11) is 0. The summed E-state index contributed by atoms with van der Waals surface area (Å²) in [5.41, 5.74) is 4.08. The maximum absolute atomic E-state index is 12.1. The van der Waals surface area contributed by atoms with Gasteiger partial charge in [-0.1, -0.05) is 12.1 Å². The number of aromatic nitrogens is 1. The zero-order valence-electron chi connectivity index (χ0n) is 11.6. The molecule has 0 N–H and O–H groups in total. The summed E-state index contributed by atoms with van der Waals surface area (Å²) in [6.45, 7) is 2.74. The van der Waals surface area contributed by atoms with Crippen LogP contribution in [0.2, 0.25) is 0 Å². The fourth-order valence-corrected chi connectivity index (χ4v) is 2.47. The van der Waals surface area contributed by atoms with E-state index in [9.17, 15) is 4.79 Å². The predicted molar refractivity (Wildman–Crippen MR) is 77.3 cm³/mol. The molecule has 0 radical (unpaired) electrons. The van der Waals surface area contributed by atoms with Gasteiger partial charge in [0.2, 0.25) is 0 Å². The second kappa shape index (κ2) is 5.45. The van der Waals surface area contributed by atoms with E-state index in [0.29, 0.717) is 12.1 Å². The second-order valence-corrected chi connectivity index (χ2v) is 5.18. The molecule has 3 rings (SSSR count). The first-order valence-electron chi connectivity index (χ1n) is 6.93. The summed E-state index contributed by atoms with van der Waals surface area (Å²) in [6, 6.07) is 9.95. The van der Waals surface area contributed by atoms with Crippen molar-refractivity contribution < 1.29 is 9.53 Å². The molecule has 2 heterocycles. The number of hydrogen-bond acceptors (Lipinski definition) is 3. The highest BCUT2D eigenvalue weighted by molar-refractivity contribution is 5.94. The van der Waals surface area contributed by atoms with Gasteiger partial charge in [-0.25, -0.2) is 0 Å². The third kappa shape index (κ3) is 2.72. The van der Waals surface area contributed by atoms with Gasteiger partial charge in [0.1, 0.15) is 11.4 Å². The molecule has 3 nitrogen and oxygen atoms in total. The summed E-state index contributed by atoms with van der Waals surface area (Å²) in [4.78, 5) is 16.3. The Morgan fingerprint density at radius 3 is 3.05 bits per heavy atom. The van der Waals surface area contributed by atoms with Gasteiger partial charge in [0.15, 0.2) is 5.78 Å². The smallest absolute Gasteiger partial charge is 0.181 e. The Kier molecular flexibility index (Phi) is 3.50. The third-order valence-corrected chi connectivity index (χ3v) is 3.60. The van der Waals surface area contributed by atoms with Crippen LogP contribution in [0.4, 0.5) is 0 Å². The quantitative estimate of drug-likeness (QED) is 0.799. The lowest BCUT2D eigenvalue weighted by atomic mass is 10.0. The van der Waals surface area contributed by atoms with E-state index < -0.39 is 0 Å². The van der Waals surface area contributed by atoms with Crippen molar-refractivity contribution in [3.8, 4) is 5.75 Å². The van der Waals surface area contributed by atoms with Crippen molar-refractivity contribution in [2.45, 2.75) is 26.2 Å². The van der Waals surface area contributed by atoms with Crippen LogP contribution < -0.4 is 4.74 Å². The van der Waals surface area contributed by atoms with Gasteiger partial charge < -0.3 is 4.74 Å². The minimum absolute atomic E-state index is 0.102. The molecule has 0 bridgehead atoms. The van der Waals surface area contributed by atoms with Gasteiger partial charge >= 0.3 is 0 Å². The highest BCUT2D eigenvalue weighted by atomic mass is 16.5. The Bertz CT molecular complexity index is 649. The lowest BCUT2D eigenvalue weighted by molar-refractivity contribution is 0.0978. The third-order valence-electron chi connectivity index (χ3n) is 3.60. The zero-order chi connectivity index (χ0) is 13.9. The van der Waals surface area contributed by atoms with Crippen LogP contribution in [0.25, 0.3) is 0 Å². The van der Waals surface area contributed by atoms with Gasteiger partial charge in [-0.3, -0.25) is 9.78 Å². The van der Waals surface area contributed by atoms with E-state index in [-0.39, 0.29) is 5.78 Å². The van der Waals surface area contributed by atoms with Crippen LogP contribution in [0.1, 0.15) is 33.6 Å². The van der Waals surface area contributed by atoms with Crippen molar-refractivity contribution in [1.29, 1.82) is 0 Å². The minimum atomic E-state index is 0.102. The number of fused-ring (bicyclic) bond motifs is 1. The molecule has 0 saturated carbocycles. The minimum Gasteiger partial charge on any atom is -0.493 e. The van der Waals surface area contributed by atoms with E-state index in [1.807, 2.05) is 31.2 Å².